The molecule has 2 heterocycles. The van der Waals surface area contributed by atoms with Crippen molar-refractivity contribution in [2.75, 3.05) is 24.3 Å². The summed E-state index contributed by atoms with van der Waals surface area (Å²) in [5.74, 6) is 1.37. The molecule has 0 radical (unpaired) electrons. The van der Waals surface area contributed by atoms with Crippen LogP contribution in [0.1, 0.15) is 5.56 Å². The van der Waals surface area contributed by atoms with Gasteiger partial charge in [0, 0.05) is 19.8 Å². The van der Waals surface area contributed by atoms with Gasteiger partial charge in [0.2, 0.25) is 5.95 Å². The van der Waals surface area contributed by atoms with Crippen LogP contribution in [0.5, 0.6) is 0 Å². The minimum atomic E-state index is 0.630. The first-order valence-electron chi connectivity index (χ1n) is 8.44. The smallest absolute Gasteiger partial charge is 0.228 e. The molecule has 0 fully saturated rings. The number of aromatic nitrogens is 4. The van der Waals surface area contributed by atoms with E-state index in [9.17, 15) is 0 Å². The van der Waals surface area contributed by atoms with Gasteiger partial charge in [-0.3, -0.25) is 0 Å². The van der Waals surface area contributed by atoms with Crippen LogP contribution in [-0.4, -0.2) is 33.8 Å². The molecule has 6 heteroatoms. The molecule has 6 nitrogen and oxygen atoms in total. The highest BCUT2D eigenvalue weighted by Crippen LogP contribution is 2.27. The predicted octanol–water partition coefficient (Wildman–Crippen LogP) is 3.93. The Hall–Kier alpha value is -3.41. The molecular weight excluding hydrogens is 324 g/mol. The lowest BCUT2D eigenvalue weighted by Crippen LogP contribution is -2.14. The quantitative estimate of drug-likeness (QED) is 0.608. The summed E-state index contributed by atoms with van der Waals surface area (Å²) in [6.45, 7) is 2.07. The van der Waals surface area contributed by atoms with Crippen molar-refractivity contribution >= 4 is 28.5 Å². The number of nitrogens with zero attached hydrogens (tertiary/aromatic N) is 5. The molecule has 4 rings (SSSR count). The third-order valence-electron chi connectivity index (χ3n) is 4.10. The maximum atomic E-state index is 4.71. The second-order valence-corrected chi connectivity index (χ2v) is 6.39. The number of hydrogen-bond donors (Lipinski definition) is 1. The summed E-state index contributed by atoms with van der Waals surface area (Å²) in [5.41, 5.74) is 3.91. The van der Waals surface area contributed by atoms with E-state index in [4.69, 9.17) is 4.98 Å². The maximum Gasteiger partial charge on any atom is 0.228 e. The Morgan fingerprint density at radius 2 is 1.77 bits per heavy atom. The van der Waals surface area contributed by atoms with E-state index < -0.39 is 0 Å². The number of benzene rings is 2. The molecule has 26 heavy (non-hydrogen) atoms. The molecule has 2 aromatic carbocycles. The normalized spacial score (nSPS) is 10.9. The van der Waals surface area contributed by atoms with Crippen molar-refractivity contribution in [3.05, 3.63) is 66.4 Å². The third-order valence-corrected chi connectivity index (χ3v) is 4.10. The summed E-state index contributed by atoms with van der Waals surface area (Å²) in [6, 6.07) is 18.2. The lowest BCUT2D eigenvalue weighted by Gasteiger charge is -2.14. The largest absolute Gasteiger partial charge is 0.347 e. The number of anilines is 3. The highest BCUT2D eigenvalue weighted by Gasteiger charge is 2.15. The highest BCUT2D eigenvalue weighted by atomic mass is 15.3. The molecule has 0 amide bonds. The maximum absolute atomic E-state index is 4.71. The molecule has 4 aromatic rings. The van der Waals surface area contributed by atoms with Crippen molar-refractivity contribution in [2.45, 2.75) is 6.92 Å². The molecule has 0 aliphatic rings. The second kappa shape index (κ2) is 6.48. The van der Waals surface area contributed by atoms with Crippen molar-refractivity contribution < 1.29 is 0 Å². The minimum absolute atomic E-state index is 0.630. The van der Waals surface area contributed by atoms with Gasteiger partial charge >= 0.3 is 0 Å². The first-order valence-corrected chi connectivity index (χ1v) is 8.44. The molecule has 0 bridgehead atoms. The molecule has 0 aliphatic heterocycles. The number of aryl methyl sites for hydroxylation is 1. The summed E-state index contributed by atoms with van der Waals surface area (Å²) in [7, 11) is 3.86. The summed E-state index contributed by atoms with van der Waals surface area (Å²) in [4.78, 5) is 11.3. The molecule has 130 valence electrons. The van der Waals surface area contributed by atoms with E-state index in [0.717, 1.165) is 28.2 Å². The van der Waals surface area contributed by atoms with Gasteiger partial charge in [0.15, 0.2) is 5.65 Å². The first-order chi connectivity index (χ1) is 12.6. The average molecular weight is 344 g/mol. The predicted molar refractivity (Wildman–Crippen MR) is 105 cm³/mol. The van der Waals surface area contributed by atoms with Crippen LogP contribution in [0.3, 0.4) is 0 Å². The van der Waals surface area contributed by atoms with Crippen molar-refractivity contribution in [3.63, 3.8) is 0 Å². The van der Waals surface area contributed by atoms with E-state index in [1.807, 2.05) is 66.1 Å². The Labute approximate surface area is 152 Å². The van der Waals surface area contributed by atoms with Crippen LogP contribution in [0.4, 0.5) is 17.5 Å². The van der Waals surface area contributed by atoms with Gasteiger partial charge < -0.3 is 10.2 Å². The fraction of sp³-hybridized carbons (Fsp3) is 0.150. The third kappa shape index (κ3) is 2.97. The Bertz CT molecular complexity index is 1050. The molecule has 0 saturated carbocycles. The number of nitrogens with one attached hydrogen (secondary N) is 1. The van der Waals surface area contributed by atoms with E-state index in [1.165, 1.54) is 5.56 Å². The first kappa shape index (κ1) is 16.1. The van der Waals surface area contributed by atoms with Crippen LogP contribution in [0.25, 0.3) is 16.7 Å². The summed E-state index contributed by atoms with van der Waals surface area (Å²) in [6.07, 6.45) is 1.81. The molecule has 0 unspecified atom stereocenters. The molecular formula is C20H20N6. The Balaban J connectivity index is 1.88. The Morgan fingerprint density at radius 1 is 0.962 bits per heavy atom. The van der Waals surface area contributed by atoms with Gasteiger partial charge in [-0.05, 0) is 36.8 Å². The Kier molecular flexibility index (Phi) is 4.01. The standard InChI is InChI=1S/C20H20N6/c1-14-8-7-9-15(12-14)22-18-17-13-21-26(16-10-5-4-6-11-16)19(17)24-20(23-18)25(2)3/h4-13H,1-3H3,(H,22,23,24). The van der Waals surface area contributed by atoms with Gasteiger partial charge in [0.25, 0.3) is 0 Å². The lowest BCUT2D eigenvalue weighted by molar-refractivity contribution is 0.890. The van der Waals surface area contributed by atoms with Crippen LogP contribution >= 0.6 is 0 Å². The van der Waals surface area contributed by atoms with Gasteiger partial charge in [-0.15, -0.1) is 0 Å². The van der Waals surface area contributed by atoms with E-state index in [-0.39, 0.29) is 0 Å². The summed E-state index contributed by atoms with van der Waals surface area (Å²) < 4.78 is 1.84. The van der Waals surface area contributed by atoms with Gasteiger partial charge in [-0.2, -0.15) is 15.1 Å². The number of rotatable bonds is 4. The summed E-state index contributed by atoms with van der Waals surface area (Å²) in [5, 5.41) is 8.83. The van der Waals surface area contributed by atoms with Crippen molar-refractivity contribution in [3.8, 4) is 5.69 Å². The van der Waals surface area contributed by atoms with E-state index >= 15 is 0 Å². The van der Waals surface area contributed by atoms with E-state index in [2.05, 4.69) is 34.5 Å². The summed E-state index contributed by atoms with van der Waals surface area (Å²) >= 11 is 0. The van der Waals surface area contributed by atoms with E-state index in [1.54, 1.807) is 6.20 Å². The molecule has 1 N–H and O–H groups in total. The fourth-order valence-corrected chi connectivity index (χ4v) is 2.81. The lowest BCUT2D eigenvalue weighted by atomic mass is 10.2. The van der Waals surface area contributed by atoms with Crippen molar-refractivity contribution in [1.29, 1.82) is 0 Å². The molecule has 0 atom stereocenters. The fourth-order valence-electron chi connectivity index (χ4n) is 2.81. The van der Waals surface area contributed by atoms with Crippen molar-refractivity contribution in [2.24, 2.45) is 0 Å². The zero-order chi connectivity index (χ0) is 18.1. The number of para-hydroxylation sites is 1. The van der Waals surface area contributed by atoms with Crippen LogP contribution < -0.4 is 10.2 Å². The Morgan fingerprint density at radius 3 is 2.50 bits per heavy atom. The number of hydrogen-bond acceptors (Lipinski definition) is 5. The van der Waals surface area contributed by atoms with Crippen LogP contribution in [0, 0.1) is 6.92 Å². The van der Waals surface area contributed by atoms with Crippen LogP contribution in [-0.2, 0) is 0 Å². The van der Waals surface area contributed by atoms with Gasteiger partial charge in [0.1, 0.15) is 5.82 Å². The zero-order valence-electron chi connectivity index (χ0n) is 15.0. The zero-order valence-corrected chi connectivity index (χ0v) is 15.0. The SMILES string of the molecule is Cc1cccc(Nc2nc(N(C)C)nc3c2cnn3-c2ccccc2)c1. The van der Waals surface area contributed by atoms with Gasteiger partial charge in [-0.25, -0.2) is 4.68 Å². The second-order valence-electron chi connectivity index (χ2n) is 6.39. The van der Waals surface area contributed by atoms with Gasteiger partial charge in [0.05, 0.1) is 17.3 Å². The monoisotopic (exact) mass is 344 g/mol. The molecule has 0 saturated heterocycles. The van der Waals surface area contributed by atoms with Crippen molar-refractivity contribution in [1.82, 2.24) is 19.7 Å². The minimum Gasteiger partial charge on any atom is -0.347 e. The topological polar surface area (TPSA) is 58.9 Å². The molecule has 0 aliphatic carbocycles. The molecule has 2 aromatic heterocycles. The van der Waals surface area contributed by atoms with Gasteiger partial charge in [-0.1, -0.05) is 30.3 Å². The van der Waals surface area contributed by atoms with E-state index in [0.29, 0.717) is 5.95 Å². The average Bonchev–Trinajstić information content (AvgIpc) is 3.07. The highest BCUT2D eigenvalue weighted by molar-refractivity contribution is 5.90. The van der Waals surface area contributed by atoms with Crippen LogP contribution in [0.15, 0.2) is 60.8 Å². The van der Waals surface area contributed by atoms with Crippen LogP contribution in [0.2, 0.25) is 0 Å². The molecule has 0 spiro atoms. The number of fused-ring (bicyclic) bond motifs is 1.